The van der Waals surface area contributed by atoms with Crippen molar-refractivity contribution in [3.05, 3.63) is 39.8 Å². The van der Waals surface area contributed by atoms with Crippen molar-refractivity contribution in [1.29, 1.82) is 0 Å². The maximum absolute atomic E-state index is 13.0. The van der Waals surface area contributed by atoms with E-state index in [2.05, 4.69) is 10.1 Å². The van der Waals surface area contributed by atoms with Crippen LogP contribution in [0.3, 0.4) is 0 Å². The van der Waals surface area contributed by atoms with Gasteiger partial charge in [0.15, 0.2) is 11.3 Å². The predicted octanol–water partition coefficient (Wildman–Crippen LogP) is 3.12. The fourth-order valence-corrected chi connectivity index (χ4v) is 3.88. The molecule has 0 atom stereocenters. The van der Waals surface area contributed by atoms with Crippen molar-refractivity contribution in [1.82, 2.24) is 24.6 Å². The molecule has 0 bridgehead atoms. The van der Waals surface area contributed by atoms with Crippen LogP contribution < -0.4 is 10.3 Å². The van der Waals surface area contributed by atoms with Gasteiger partial charge < -0.3 is 19.7 Å². The van der Waals surface area contributed by atoms with Crippen LogP contribution in [0.1, 0.15) is 49.8 Å². The van der Waals surface area contributed by atoms with Gasteiger partial charge in [-0.3, -0.25) is 14.3 Å². The van der Waals surface area contributed by atoms with Crippen LogP contribution in [0, 0.1) is 5.92 Å². The maximum Gasteiger partial charge on any atom is 0.407 e. The number of benzene rings is 1. The van der Waals surface area contributed by atoms with Crippen molar-refractivity contribution in [2.24, 2.45) is 5.92 Å². The SMILES string of the molecule is CCc1c2nc(-c3cc(C(C)=O)ccc3OCC(C)C)[nH]c(=O)c2nn1C1CN(C(=O)O)C1. The number of aromatic nitrogens is 4. The van der Waals surface area contributed by atoms with Gasteiger partial charge in [0.05, 0.1) is 23.9 Å². The number of amides is 1. The first-order valence-electron chi connectivity index (χ1n) is 11.0. The molecule has 33 heavy (non-hydrogen) atoms. The fourth-order valence-electron chi connectivity index (χ4n) is 3.88. The number of aromatic amines is 1. The third-order valence-electron chi connectivity index (χ3n) is 5.68. The molecule has 3 heterocycles. The van der Waals surface area contributed by atoms with Gasteiger partial charge in [-0.15, -0.1) is 0 Å². The number of likely N-dealkylation sites (tertiary alicyclic amines) is 1. The van der Waals surface area contributed by atoms with Crippen LogP contribution in [0.4, 0.5) is 4.79 Å². The van der Waals surface area contributed by atoms with Crippen LogP contribution in [-0.2, 0) is 6.42 Å². The lowest BCUT2D eigenvalue weighted by Gasteiger charge is -2.37. The molecular formula is C23H27N5O5. The highest BCUT2D eigenvalue weighted by Gasteiger charge is 2.34. The number of rotatable bonds is 7. The van der Waals surface area contributed by atoms with E-state index in [0.717, 1.165) is 5.69 Å². The highest BCUT2D eigenvalue weighted by Crippen LogP contribution is 2.31. The van der Waals surface area contributed by atoms with Crippen molar-refractivity contribution < 1.29 is 19.4 Å². The first kappa shape index (κ1) is 22.5. The van der Waals surface area contributed by atoms with E-state index in [1.165, 1.54) is 11.8 Å². The molecule has 1 fully saturated rings. The lowest BCUT2D eigenvalue weighted by molar-refractivity contribution is 0.0804. The number of aryl methyl sites for hydroxylation is 1. The molecule has 0 unspecified atom stereocenters. The van der Waals surface area contributed by atoms with Crippen LogP contribution in [0.2, 0.25) is 0 Å². The van der Waals surface area contributed by atoms with Gasteiger partial charge in [0, 0.05) is 18.7 Å². The smallest absolute Gasteiger partial charge is 0.407 e. The van der Waals surface area contributed by atoms with Gasteiger partial charge in [-0.2, -0.15) is 5.10 Å². The van der Waals surface area contributed by atoms with E-state index in [9.17, 15) is 14.4 Å². The number of H-pyrrole nitrogens is 1. The Morgan fingerprint density at radius 1 is 1.27 bits per heavy atom. The van der Waals surface area contributed by atoms with Gasteiger partial charge in [0.25, 0.3) is 5.56 Å². The number of hydrogen-bond donors (Lipinski definition) is 2. The molecule has 2 aromatic heterocycles. The zero-order valence-corrected chi connectivity index (χ0v) is 19.1. The average molecular weight is 453 g/mol. The van der Waals surface area contributed by atoms with E-state index in [1.807, 2.05) is 20.8 Å². The minimum atomic E-state index is -0.974. The maximum atomic E-state index is 13.0. The Labute approximate surface area is 190 Å². The number of nitrogens with zero attached hydrogens (tertiary/aromatic N) is 4. The molecule has 0 spiro atoms. The van der Waals surface area contributed by atoms with Gasteiger partial charge in [0.2, 0.25) is 0 Å². The van der Waals surface area contributed by atoms with Gasteiger partial charge in [-0.25, -0.2) is 9.78 Å². The molecule has 2 N–H and O–H groups in total. The zero-order valence-electron chi connectivity index (χ0n) is 19.1. The molecule has 0 aliphatic carbocycles. The number of Topliss-reactive ketones (excluding diaryl/α,β-unsaturated/α-hetero) is 1. The summed E-state index contributed by atoms with van der Waals surface area (Å²) in [5.41, 5.74) is 2.04. The number of ether oxygens (including phenoxy) is 1. The molecule has 0 radical (unpaired) electrons. The topological polar surface area (TPSA) is 130 Å². The minimum absolute atomic E-state index is 0.106. The summed E-state index contributed by atoms with van der Waals surface area (Å²) in [6.07, 6.45) is -0.404. The number of ketones is 1. The summed E-state index contributed by atoms with van der Waals surface area (Å²) < 4.78 is 7.67. The normalized spacial score (nSPS) is 14.0. The third-order valence-corrected chi connectivity index (χ3v) is 5.68. The molecule has 1 aromatic carbocycles. The Bertz CT molecular complexity index is 1290. The Morgan fingerprint density at radius 2 is 2.00 bits per heavy atom. The summed E-state index contributed by atoms with van der Waals surface area (Å²) in [6.45, 7) is 8.58. The molecule has 4 rings (SSSR count). The van der Waals surface area contributed by atoms with Crippen molar-refractivity contribution >= 4 is 22.9 Å². The molecule has 10 heteroatoms. The van der Waals surface area contributed by atoms with Crippen molar-refractivity contribution in [3.63, 3.8) is 0 Å². The van der Waals surface area contributed by atoms with Crippen LogP contribution in [0.25, 0.3) is 22.4 Å². The first-order valence-corrected chi connectivity index (χ1v) is 11.0. The molecular weight excluding hydrogens is 426 g/mol. The van der Waals surface area contributed by atoms with E-state index >= 15 is 0 Å². The lowest BCUT2D eigenvalue weighted by atomic mass is 10.1. The Morgan fingerprint density at radius 3 is 2.61 bits per heavy atom. The second kappa shape index (κ2) is 8.68. The number of fused-ring (bicyclic) bond motifs is 1. The summed E-state index contributed by atoms with van der Waals surface area (Å²) in [5.74, 6) is 1.00. The minimum Gasteiger partial charge on any atom is -0.493 e. The van der Waals surface area contributed by atoms with Crippen molar-refractivity contribution in [3.8, 4) is 17.1 Å². The Balaban J connectivity index is 1.82. The third kappa shape index (κ3) is 4.20. The van der Waals surface area contributed by atoms with Crippen LogP contribution in [0.15, 0.2) is 23.0 Å². The van der Waals surface area contributed by atoms with E-state index in [-0.39, 0.29) is 23.3 Å². The standard InChI is InChI=1S/C23H27N5O5/c1-5-17-19-20(26-28(17)15-9-27(10-15)23(31)32)22(30)25-21(24-19)16-8-14(13(4)29)6-7-18(16)33-11-12(2)3/h6-8,12,15H,5,9-11H2,1-4H3,(H,31,32)(H,24,25,30). The second-order valence-corrected chi connectivity index (χ2v) is 8.67. The molecule has 174 valence electrons. The van der Waals surface area contributed by atoms with Crippen LogP contribution in [-0.4, -0.2) is 61.3 Å². The quantitative estimate of drug-likeness (QED) is 0.526. The number of hydrogen-bond acceptors (Lipinski definition) is 6. The molecule has 10 nitrogen and oxygen atoms in total. The fraction of sp³-hybridized carbons (Fsp3) is 0.435. The predicted molar refractivity (Wildman–Crippen MR) is 122 cm³/mol. The summed E-state index contributed by atoms with van der Waals surface area (Å²) >= 11 is 0. The van der Waals surface area contributed by atoms with E-state index in [1.54, 1.807) is 22.9 Å². The molecule has 0 saturated carbocycles. The zero-order chi connectivity index (χ0) is 23.9. The largest absolute Gasteiger partial charge is 0.493 e. The monoisotopic (exact) mass is 453 g/mol. The average Bonchev–Trinajstić information content (AvgIpc) is 3.09. The van der Waals surface area contributed by atoms with Gasteiger partial charge in [-0.05, 0) is 37.5 Å². The number of nitrogens with one attached hydrogen (secondary N) is 1. The Kier molecular flexibility index (Phi) is 5.92. The molecule has 1 aliphatic heterocycles. The van der Waals surface area contributed by atoms with E-state index < -0.39 is 11.7 Å². The first-order chi connectivity index (χ1) is 15.7. The number of carboxylic acid groups (broad SMARTS) is 1. The highest BCUT2D eigenvalue weighted by atomic mass is 16.5. The van der Waals surface area contributed by atoms with Crippen LogP contribution >= 0.6 is 0 Å². The van der Waals surface area contributed by atoms with E-state index in [4.69, 9.17) is 14.8 Å². The van der Waals surface area contributed by atoms with Crippen molar-refractivity contribution in [2.45, 2.75) is 40.2 Å². The molecule has 1 amide bonds. The van der Waals surface area contributed by atoms with Gasteiger partial charge in [0.1, 0.15) is 17.1 Å². The van der Waals surface area contributed by atoms with Gasteiger partial charge in [-0.1, -0.05) is 20.8 Å². The highest BCUT2D eigenvalue weighted by molar-refractivity contribution is 5.95. The summed E-state index contributed by atoms with van der Waals surface area (Å²) in [4.78, 5) is 44.9. The molecule has 3 aromatic rings. The number of carbonyl (C=O) groups excluding carboxylic acids is 1. The number of carbonyl (C=O) groups is 2. The molecule has 1 saturated heterocycles. The summed E-state index contributed by atoms with van der Waals surface area (Å²) in [5, 5.41) is 13.6. The van der Waals surface area contributed by atoms with Crippen molar-refractivity contribution in [2.75, 3.05) is 19.7 Å². The summed E-state index contributed by atoms with van der Waals surface area (Å²) in [6, 6.07) is 4.95. The van der Waals surface area contributed by atoms with Gasteiger partial charge >= 0.3 is 6.09 Å². The second-order valence-electron chi connectivity index (χ2n) is 8.67. The molecule has 1 aliphatic rings. The Hall–Kier alpha value is -3.69. The lowest BCUT2D eigenvalue weighted by Crippen LogP contribution is -2.50. The van der Waals surface area contributed by atoms with Crippen LogP contribution in [0.5, 0.6) is 5.75 Å². The van der Waals surface area contributed by atoms with E-state index in [0.29, 0.717) is 54.3 Å². The summed E-state index contributed by atoms with van der Waals surface area (Å²) in [7, 11) is 0.